The molecule has 1 fully saturated rings. The number of guanidine groups is 1. The van der Waals surface area contributed by atoms with Crippen LogP contribution in [0.15, 0.2) is 28.5 Å². The molecule has 0 unspecified atom stereocenters. The summed E-state index contributed by atoms with van der Waals surface area (Å²) >= 11 is 0. The molecule has 10 heteroatoms. The quantitative estimate of drug-likeness (QED) is 0.271. The summed E-state index contributed by atoms with van der Waals surface area (Å²) in [6.45, 7) is 10.5. The Bertz CT molecular complexity index is 822. The number of nitrogens with one attached hydrogen (secondary N) is 4. The topological polar surface area (TPSA) is 102 Å². The van der Waals surface area contributed by atoms with Crippen molar-refractivity contribution in [1.29, 1.82) is 0 Å². The van der Waals surface area contributed by atoms with Crippen molar-refractivity contribution in [2.24, 2.45) is 16.8 Å². The van der Waals surface area contributed by atoms with Crippen LogP contribution in [0.4, 0.5) is 0 Å². The van der Waals surface area contributed by atoms with Crippen LogP contribution < -0.4 is 21.4 Å². The van der Waals surface area contributed by atoms with Crippen molar-refractivity contribution >= 4 is 11.9 Å². The number of hydroxylamine groups is 1. The Morgan fingerprint density at radius 2 is 2.03 bits per heavy atom. The van der Waals surface area contributed by atoms with Crippen molar-refractivity contribution in [2.75, 3.05) is 66.6 Å². The molecule has 1 aliphatic carbocycles. The van der Waals surface area contributed by atoms with Crippen molar-refractivity contribution in [3.8, 4) is 0 Å². The van der Waals surface area contributed by atoms with E-state index in [1.165, 1.54) is 18.5 Å². The standard InChI is InChI=1S/C26H45N7O3/c1-4-32-9-11-33(12-10-32)24-8-7-22(18-27-24)30-26-28-16-20(17-29-26)6-5-19-13-21(25(34)31-36-3)15-23(14-19)35-2/h8,14,20-23,27H,4-7,9-13,15-18H2,1-3H3,(H,31,34)(H2,28,29,30)/t21-,22-,23+/m1/s1. The molecule has 0 aromatic rings. The molecular weight excluding hydrogens is 458 g/mol. The zero-order valence-electron chi connectivity index (χ0n) is 22.2. The predicted octanol–water partition coefficient (Wildman–Crippen LogP) is 0.801. The van der Waals surface area contributed by atoms with Crippen LogP contribution in [0.3, 0.4) is 0 Å². The van der Waals surface area contributed by atoms with Crippen LogP contribution >= 0.6 is 0 Å². The lowest BCUT2D eigenvalue weighted by Crippen LogP contribution is -2.54. The SMILES string of the molecule is CCN1CCN(C2=CC[C@@H](NC3=NC[C@H](CCC4=C[C@H](OC)C[C@H](C(=O)NOC)C4)CN3)CN2)CC1. The zero-order chi connectivity index (χ0) is 25.3. The van der Waals surface area contributed by atoms with Gasteiger partial charge in [-0.05, 0) is 50.6 Å². The van der Waals surface area contributed by atoms with Crippen LogP contribution in [-0.4, -0.2) is 100 Å². The molecule has 4 N–H and O–H groups in total. The fourth-order valence-electron chi connectivity index (χ4n) is 5.56. The number of methoxy groups -OCH3 is 1. The minimum atomic E-state index is -0.104. The minimum Gasteiger partial charge on any atom is -0.377 e. The Morgan fingerprint density at radius 3 is 2.67 bits per heavy atom. The Morgan fingerprint density at radius 1 is 1.19 bits per heavy atom. The number of hydrogen-bond donors (Lipinski definition) is 4. The van der Waals surface area contributed by atoms with Crippen molar-refractivity contribution in [2.45, 2.75) is 51.2 Å². The maximum Gasteiger partial charge on any atom is 0.247 e. The second-order valence-corrected chi connectivity index (χ2v) is 10.3. The second-order valence-electron chi connectivity index (χ2n) is 10.3. The molecule has 0 radical (unpaired) electrons. The molecule has 0 saturated carbocycles. The number of amides is 1. The molecule has 0 aromatic heterocycles. The smallest absolute Gasteiger partial charge is 0.247 e. The largest absolute Gasteiger partial charge is 0.377 e. The van der Waals surface area contributed by atoms with Gasteiger partial charge in [0.15, 0.2) is 5.96 Å². The van der Waals surface area contributed by atoms with E-state index in [0.717, 1.165) is 84.0 Å². The Balaban J connectivity index is 1.18. The van der Waals surface area contributed by atoms with Crippen LogP contribution in [0.2, 0.25) is 0 Å². The monoisotopic (exact) mass is 503 g/mol. The number of allylic oxidation sites excluding steroid dienone is 1. The zero-order valence-corrected chi connectivity index (χ0v) is 22.2. The first-order valence-corrected chi connectivity index (χ1v) is 13.6. The van der Waals surface area contributed by atoms with E-state index in [1.54, 1.807) is 7.11 Å². The van der Waals surface area contributed by atoms with Crippen LogP contribution in [0, 0.1) is 11.8 Å². The summed E-state index contributed by atoms with van der Waals surface area (Å²) < 4.78 is 5.55. The maximum atomic E-state index is 12.3. The summed E-state index contributed by atoms with van der Waals surface area (Å²) in [5.74, 6) is 2.52. The number of carbonyl (C=O) groups excluding carboxylic acids is 1. The third-order valence-electron chi connectivity index (χ3n) is 7.89. The summed E-state index contributed by atoms with van der Waals surface area (Å²) in [7, 11) is 3.18. The number of nitrogens with zero attached hydrogens (tertiary/aromatic N) is 3. The molecular formula is C26H45N7O3. The van der Waals surface area contributed by atoms with Gasteiger partial charge in [0, 0.05) is 64.9 Å². The van der Waals surface area contributed by atoms with E-state index in [2.05, 4.69) is 50.3 Å². The van der Waals surface area contributed by atoms with Gasteiger partial charge >= 0.3 is 0 Å². The number of hydrogen-bond acceptors (Lipinski definition) is 9. The lowest BCUT2D eigenvalue weighted by Gasteiger charge is -2.39. The van der Waals surface area contributed by atoms with E-state index < -0.39 is 0 Å². The fourth-order valence-corrected chi connectivity index (χ4v) is 5.56. The summed E-state index contributed by atoms with van der Waals surface area (Å²) in [4.78, 5) is 26.9. The van der Waals surface area contributed by atoms with E-state index in [1.807, 2.05) is 0 Å². The predicted molar refractivity (Wildman–Crippen MR) is 141 cm³/mol. The first-order chi connectivity index (χ1) is 17.6. The molecule has 10 nitrogen and oxygen atoms in total. The fraction of sp³-hybridized carbons (Fsp3) is 0.769. The average Bonchev–Trinajstić information content (AvgIpc) is 2.93. The van der Waals surface area contributed by atoms with E-state index in [-0.39, 0.29) is 17.9 Å². The van der Waals surface area contributed by atoms with Gasteiger partial charge in [-0.2, -0.15) is 0 Å². The van der Waals surface area contributed by atoms with Crippen molar-refractivity contribution in [3.05, 3.63) is 23.5 Å². The van der Waals surface area contributed by atoms with Gasteiger partial charge in [-0.25, -0.2) is 5.48 Å². The molecule has 1 saturated heterocycles. The van der Waals surface area contributed by atoms with E-state index in [9.17, 15) is 4.79 Å². The molecule has 4 atom stereocenters. The molecule has 0 aromatic carbocycles. The number of rotatable bonds is 9. The molecule has 4 aliphatic rings. The highest BCUT2D eigenvalue weighted by Crippen LogP contribution is 2.30. The van der Waals surface area contributed by atoms with E-state index in [4.69, 9.17) is 14.6 Å². The number of carbonyl (C=O) groups is 1. The Labute approximate surface area is 215 Å². The summed E-state index contributed by atoms with van der Waals surface area (Å²) in [6, 6.07) is 0.349. The normalized spacial score (nSPS) is 29.3. The van der Waals surface area contributed by atoms with Crippen LogP contribution in [-0.2, 0) is 14.4 Å². The summed E-state index contributed by atoms with van der Waals surface area (Å²) in [5, 5.41) is 10.7. The van der Waals surface area contributed by atoms with Crippen LogP contribution in [0.5, 0.6) is 0 Å². The third kappa shape index (κ3) is 7.36. The van der Waals surface area contributed by atoms with Crippen molar-refractivity contribution < 1.29 is 14.4 Å². The van der Waals surface area contributed by atoms with Gasteiger partial charge in [0.2, 0.25) is 5.91 Å². The van der Waals surface area contributed by atoms with Gasteiger partial charge in [-0.1, -0.05) is 18.6 Å². The van der Waals surface area contributed by atoms with E-state index in [0.29, 0.717) is 18.4 Å². The molecule has 4 rings (SSSR count). The number of piperazine rings is 1. The highest BCUT2D eigenvalue weighted by atomic mass is 16.6. The van der Waals surface area contributed by atoms with Gasteiger partial charge < -0.3 is 30.5 Å². The van der Waals surface area contributed by atoms with Crippen LogP contribution in [0.25, 0.3) is 0 Å². The van der Waals surface area contributed by atoms with Gasteiger partial charge in [0.25, 0.3) is 0 Å². The third-order valence-corrected chi connectivity index (χ3v) is 7.89. The number of likely N-dealkylation sites (N-methyl/N-ethyl adjacent to an activating group) is 1. The second kappa shape index (κ2) is 13.3. The maximum absolute atomic E-state index is 12.3. The molecule has 3 heterocycles. The molecule has 202 valence electrons. The minimum absolute atomic E-state index is 0.0146. The molecule has 0 spiro atoms. The van der Waals surface area contributed by atoms with Gasteiger partial charge in [0.05, 0.1) is 19.0 Å². The van der Waals surface area contributed by atoms with Gasteiger partial charge in [-0.15, -0.1) is 0 Å². The Kier molecular flexibility index (Phi) is 9.89. The van der Waals surface area contributed by atoms with Gasteiger partial charge in [0.1, 0.15) is 0 Å². The molecule has 3 aliphatic heterocycles. The highest BCUT2D eigenvalue weighted by Gasteiger charge is 2.29. The number of ether oxygens (including phenoxy) is 1. The van der Waals surface area contributed by atoms with E-state index >= 15 is 0 Å². The lowest BCUT2D eigenvalue weighted by atomic mass is 9.83. The molecule has 1 amide bonds. The summed E-state index contributed by atoms with van der Waals surface area (Å²) in [6.07, 6.45) is 9.00. The molecule has 0 bridgehead atoms. The van der Waals surface area contributed by atoms with Crippen molar-refractivity contribution in [1.82, 2.24) is 31.2 Å². The highest BCUT2D eigenvalue weighted by molar-refractivity contribution is 5.80. The average molecular weight is 504 g/mol. The van der Waals surface area contributed by atoms with Crippen LogP contribution in [0.1, 0.15) is 39.0 Å². The lowest BCUT2D eigenvalue weighted by molar-refractivity contribution is -0.136. The first-order valence-electron chi connectivity index (χ1n) is 13.6. The molecule has 36 heavy (non-hydrogen) atoms. The van der Waals surface area contributed by atoms with Gasteiger partial charge in [-0.3, -0.25) is 14.6 Å². The summed E-state index contributed by atoms with van der Waals surface area (Å²) in [5.41, 5.74) is 3.77. The number of aliphatic imine (C=N–C) groups is 1. The van der Waals surface area contributed by atoms with Crippen molar-refractivity contribution in [3.63, 3.8) is 0 Å². The first kappa shape index (κ1) is 26.8. The Hall–Kier alpha value is -2.30.